The van der Waals surface area contributed by atoms with Crippen LogP contribution in [0.25, 0.3) is 16.2 Å². The lowest BCUT2D eigenvalue weighted by Gasteiger charge is -2.39. The molecule has 1 amide bonds. The molecule has 1 saturated heterocycles. The number of aryl methyl sites for hydroxylation is 1. The molecule has 1 aliphatic rings. The molecule has 0 atom stereocenters. The van der Waals surface area contributed by atoms with Crippen molar-refractivity contribution in [1.82, 2.24) is 29.7 Å². The molecule has 4 aromatic rings. The zero-order valence-electron chi connectivity index (χ0n) is 17.2. The third-order valence-corrected chi connectivity index (χ3v) is 6.06. The van der Waals surface area contributed by atoms with Crippen LogP contribution in [-0.2, 0) is 4.79 Å². The van der Waals surface area contributed by atoms with Gasteiger partial charge in [0.2, 0.25) is 17.3 Å². The Morgan fingerprint density at radius 3 is 2.70 bits per heavy atom. The molecule has 0 aliphatic carbocycles. The van der Waals surface area contributed by atoms with Gasteiger partial charge in [-0.15, -0.1) is 16.4 Å². The Hall–Kier alpha value is -4.26. The Labute approximate surface area is 189 Å². The van der Waals surface area contributed by atoms with Crippen LogP contribution in [-0.4, -0.2) is 59.8 Å². The van der Waals surface area contributed by atoms with Gasteiger partial charge in [-0.3, -0.25) is 19.5 Å². The fraction of sp³-hybridized carbons (Fsp3) is 0.200. The molecule has 1 aliphatic heterocycles. The number of carbonyl (C=O) groups is 2. The monoisotopic (exact) mass is 464 g/mol. The Balaban J connectivity index is 1.48. The van der Waals surface area contributed by atoms with Gasteiger partial charge >= 0.3 is 5.97 Å². The van der Waals surface area contributed by atoms with E-state index >= 15 is 0 Å². The minimum absolute atomic E-state index is 0.141. The SMILES string of the molecule is Cc1cc(N2CC(C(=O)Nc3nccnn3)C2)nc2c1c(=O)c(C(=O)O)cn2-c1nccs1. The first-order valence-corrected chi connectivity index (χ1v) is 10.7. The zero-order chi connectivity index (χ0) is 23.1. The molecule has 0 aromatic carbocycles. The number of carboxylic acid groups (broad SMARTS) is 1. The Morgan fingerprint density at radius 2 is 2.03 bits per heavy atom. The van der Waals surface area contributed by atoms with Gasteiger partial charge in [0.15, 0.2) is 10.8 Å². The van der Waals surface area contributed by atoms with Gasteiger partial charge in [0, 0.05) is 30.9 Å². The molecule has 0 spiro atoms. The highest BCUT2D eigenvalue weighted by atomic mass is 32.1. The average Bonchev–Trinajstić information content (AvgIpc) is 3.28. The molecule has 2 N–H and O–H groups in total. The predicted octanol–water partition coefficient (Wildman–Crippen LogP) is 1.11. The number of aromatic nitrogens is 6. The van der Waals surface area contributed by atoms with Crippen LogP contribution in [0, 0.1) is 12.8 Å². The average molecular weight is 464 g/mol. The van der Waals surface area contributed by atoms with Gasteiger partial charge in [-0.25, -0.2) is 19.7 Å². The van der Waals surface area contributed by atoms with Crippen molar-refractivity contribution in [1.29, 1.82) is 0 Å². The van der Waals surface area contributed by atoms with Crippen molar-refractivity contribution in [3.05, 3.63) is 57.6 Å². The Bertz CT molecular complexity index is 1430. The van der Waals surface area contributed by atoms with Crippen molar-refractivity contribution in [2.45, 2.75) is 6.92 Å². The number of anilines is 2. The first-order valence-electron chi connectivity index (χ1n) is 9.82. The van der Waals surface area contributed by atoms with Crippen LogP contribution >= 0.6 is 11.3 Å². The zero-order valence-corrected chi connectivity index (χ0v) is 18.0. The smallest absolute Gasteiger partial charge is 0.341 e. The lowest BCUT2D eigenvalue weighted by Crippen LogP contribution is -2.52. The summed E-state index contributed by atoms with van der Waals surface area (Å²) in [6.07, 6.45) is 5.70. The van der Waals surface area contributed by atoms with E-state index in [4.69, 9.17) is 0 Å². The lowest BCUT2D eigenvalue weighted by atomic mass is 9.99. The van der Waals surface area contributed by atoms with Crippen molar-refractivity contribution >= 4 is 46.0 Å². The molecule has 0 bridgehead atoms. The van der Waals surface area contributed by atoms with Crippen LogP contribution in [0.5, 0.6) is 0 Å². The summed E-state index contributed by atoms with van der Waals surface area (Å²) in [5.41, 5.74) is -0.0514. The fourth-order valence-electron chi connectivity index (χ4n) is 3.62. The third-order valence-electron chi connectivity index (χ3n) is 5.29. The maximum Gasteiger partial charge on any atom is 0.341 e. The van der Waals surface area contributed by atoms with Crippen LogP contribution in [0.4, 0.5) is 11.8 Å². The van der Waals surface area contributed by atoms with Crippen molar-refractivity contribution in [2.75, 3.05) is 23.3 Å². The second-order valence-electron chi connectivity index (χ2n) is 7.42. The van der Waals surface area contributed by atoms with E-state index in [0.29, 0.717) is 35.2 Å². The number of thiazole rings is 1. The molecule has 13 heteroatoms. The first-order chi connectivity index (χ1) is 15.9. The summed E-state index contributed by atoms with van der Waals surface area (Å²) in [7, 11) is 0. The molecule has 33 heavy (non-hydrogen) atoms. The largest absolute Gasteiger partial charge is 0.477 e. The van der Waals surface area contributed by atoms with E-state index in [-0.39, 0.29) is 28.7 Å². The predicted molar refractivity (Wildman–Crippen MR) is 119 cm³/mol. The lowest BCUT2D eigenvalue weighted by molar-refractivity contribution is -0.120. The van der Waals surface area contributed by atoms with E-state index in [2.05, 4.69) is 30.5 Å². The van der Waals surface area contributed by atoms with E-state index in [1.807, 2.05) is 4.90 Å². The Kier molecular flexibility index (Phi) is 5.01. The van der Waals surface area contributed by atoms with E-state index in [1.54, 1.807) is 24.6 Å². The second kappa shape index (κ2) is 8.02. The van der Waals surface area contributed by atoms with Gasteiger partial charge in [0.1, 0.15) is 11.4 Å². The van der Waals surface area contributed by atoms with E-state index in [0.717, 1.165) is 0 Å². The standard InChI is InChI=1S/C20H16N8O4S/c1-10-6-13(27-7-11(8-27)17(30)25-19-21-2-3-23-26-19)24-16-14(10)15(29)12(18(31)32)9-28(16)20-22-4-5-33-20/h2-6,9,11H,7-8H2,1H3,(H,31,32)(H,21,25,26,30). The number of fused-ring (bicyclic) bond motifs is 1. The molecule has 5 rings (SSSR count). The summed E-state index contributed by atoms with van der Waals surface area (Å²) in [5.74, 6) is -1.11. The molecule has 0 saturated carbocycles. The minimum atomic E-state index is -1.31. The van der Waals surface area contributed by atoms with Gasteiger partial charge in [-0.1, -0.05) is 0 Å². The number of rotatable bonds is 5. The highest BCUT2D eigenvalue weighted by Crippen LogP contribution is 2.28. The van der Waals surface area contributed by atoms with Crippen LogP contribution in [0.3, 0.4) is 0 Å². The normalized spacial score (nSPS) is 13.7. The fourth-order valence-corrected chi connectivity index (χ4v) is 4.24. The molecule has 1 fully saturated rings. The van der Waals surface area contributed by atoms with Gasteiger partial charge in [-0.2, -0.15) is 5.10 Å². The highest BCUT2D eigenvalue weighted by Gasteiger charge is 2.34. The van der Waals surface area contributed by atoms with E-state index in [1.165, 1.54) is 34.5 Å². The van der Waals surface area contributed by atoms with Gasteiger partial charge in [0.25, 0.3) is 0 Å². The van der Waals surface area contributed by atoms with Crippen LogP contribution < -0.4 is 15.6 Å². The van der Waals surface area contributed by atoms with Gasteiger partial charge in [0.05, 0.1) is 23.7 Å². The quantitative estimate of drug-likeness (QED) is 0.438. The molecular formula is C20H16N8O4S. The maximum absolute atomic E-state index is 12.9. The molecule has 0 radical (unpaired) electrons. The number of hydrogen-bond donors (Lipinski definition) is 2. The van der Waals surface area contributed by atoms with E-state index < -0.39 is 11.4 Å². The summed E-state index contributed by atoms with van der Waals surface area (Å²) in [4.78, 5) is 51.7. The number of pyridine rings is 2. The van der Waals surface area contributed by atoms with Crippen LogP contribution in [0.15, 0.2) is 41.0 Å². The topological polar surface area (TPSA) is 156 Å². The number of carboxylic acids is 1. The summed E-state index contributed by atoms with van der Waals surface area (Å²) >= 11 is 1.30. The Morgan fingerprint density at radius 1 is 1.21 bits per heavy atom. The molecule has 4 aromatic heterocycles. The number of hydrogen-bond acceptors (Lipinski definition) is 10. The third kappa shape index (κ3) is 3.67. The number of nitrogens with zero attached hydrogens (tertiary/aromatic N) is 7. The van der Waals surface area contributed by atoms with Crippen molar-refractivity contribution in [3.63, 3.8) is 0 Å². The van der Waals surface area contributed by atoms with E-state index in [9.17, 15) is 19.5 Å². The van der Waals surface area contributed by atoms with Crippen molar-refractivity contribution in [3.8, 4) is 5.13 Å². The van der Waals surface area contributed by atoms with Gasteiger partial charge < -0.3 is 10.0 Å². The van der Waals surface area contributed by atoms with Crippen LogP contribution in [0.1, 0.15) is 15.9 Å². The number of amides is 1. The highest BCUT2D eigenvalue weighted by molar-refractivity contribution is 7.12. The number of nitrogens with one attached hydrogen (secondary N) is 1. The summed E-state index contributed by atoms with van der Waals surface area (Å²) in [6.45, 7) is 2.56. The van der Waals surface area contributed by atoms with Crippen LogP contribution in [0.2, 0.25) is 0 Å². The molecule has 166 valence electrons. The van der Waals surface area contributed by atoms with Gasteiger partial charge in [-0.05, 0) is 18.6 Å². The molecule has 12 nitrogen and oxygen atoms in total. The first kappa shape index (κ1) is 20.6. The number of aromatic carboxylic acids is 1. The summed E-state index contributed by atoms with van der Waals surface area (Å²) in [6, 6.07) is 1.72. The number of carbonyl (C=O) groups excluding carboxylic acids is 1. The molecular weight excluding hydrogens is 448 g/mol. The maximum atomic E-state index is 12.9. The molecule has 5 heterocycles. The van der Waals surface area contributed by atoms with Crippen molar-refractivity contribution < 1.29 is 14.7 Å². The molecule has 0 unspecified atom stereocenters. The summed E-state index contributed by atoms with van der Waals surface area (Å²) in [5, 5.41) is 22.0. The second-order valence-corrected chi connectivity index (χ2v) is 8.29. The van der Waals surface area contributed by atoms with Crippen molar-refractivity contribution in [2.24, 2.45) is 5.92 Å². The summed E-state index contributed by atoms with van der Waals surface area (Å²) < 4.78 is 1.52. The minimum Gasteiger partial charge on any atom is -0.477 e.